The molecule has 0 aromatic heterocycles. The molecule has 1 aliphatic heterocycles. The molecule has 7 nitrogen and oxygen atoms in total. The summed E-state index contributed by atoms with van der Waals surface area (Å²) in [4.78, 5) is 21.9. The lowest BCUT2D eigenvalue weighted by molar-refractivity contribution is -0.140. The van der Waals surface area contributed by atoms with Gasteiger partial charge in [0.2, 0.25) is 5.91 Å². The number of β-lactam (4-membered cyclic amide) rings is 1. The van der Waals surface area contributed by atoms with Gasteiger partial charge >= 0.3 is 10.3 Å². The zero-order valence-electron chi connectivity index (χ0n) is 7.43. The second-order valence-electron chi connectivity index (χ2n) is 2.82. The largest absolute Gasteiger partial charge is 0.362 e. The molecule has 0 bridgehead atoms. The van der Waals surface area contributed by atoms with Gasteiger partial charge < -0.3 is 5.32 Å². The van der Waals surface area contributed by atoms with E-state index in [9.17, 15) is 18.0 Å². The molecule has 80 valence electrons. The molecule has 14 heavy (non-hydrogen) atoms. The summed E-state index contributed by atoms with van der Waals surface area (Å²) in [5, 5.41) is 2.31. The van der Waals surface area contributed by atoms with Gasteiger partial charge in [-0.05, 0) is 0 Å². The highest BCUT2D eigenvalue weighted by atomic mass is 32.2. The van der Waals surface area contributed by atoms with E-state index in [-0.39, 0.29) is 18.9 Å². The summed E-state index contributed by atoms with van der Waals surface area (Å²) >= 11 is 0. The zero-order chi connectivity index (χ0) is 10.9. The molecule has 1 aliphatic rings. The zero-order valence-corrected chi connectivity index (χ0v) is 8.24. The van der Waals surface area contributed by atoms with Crippen molar-refractivity contribution in [3.8, 4) is 0 Å². The van der Waals surface area contributed by atoms with E-state index in [2.05, 4.69) is 5.32 Å². The molecule has 0 radical (unpaired) electrons. The summed E-state index contributed by atoms with van der Waals surface area (Å²) in [6.45, 7) is 1.41. The third-order valence-electron chi connectivity index (χ3n) is 1.83. The Bertz CT molecular complexity index is 362. The molecule has 0 aromatic rings. The van der Waals surface area contributed by atoms with Gasteiger partial charge in [-0.25, -0.2) is 4.31 Å². The SMILES string of the molecule is CCC(=O)N[C@H]1CN(S(=O)(=O)O)C1=O. The predicted octanol–water partition coefficient (Wildman–Crippen LogP) is -1.47. The monoisotopic (exact) mass is 222 g/mol. The van der Waals surface area contributed by atoms with Crippen LogP contribution in [0, 0.1) is 0 Å². The summed E-state index contributed by atoms with van der Waals surface area (Å²) in [6.07, 6.45) is 0.218. The van der Waals surface area contributed by atoms with Gasteiger partial charge in [0.15, 0.2) is 0 Å². The number of hydrogen-bond donors (Lipinski definition) is 2. The summed E-state index contributed by atoms with van der Waals surface area (Å²) in [7, 11) is -4.46. The second kappa shape index (κ2) is 3.54. The topological polar surface area (TPSA) is 104 Å². The number of rotatable bonds is 3. The van der Waals surface area contributed by atoms with Crippen molar-refractivity contribution in [2.45, 2.75) is 19.4 Å². The van der Waals surface area contributed by atoms with Crippen LogP contribution in [-0.4, -0.2) is 41.7 Å². The fourth-order valence-electron chi connectivity index (χ4n) is 1.01. The van der Waals surface area contributed by atoms with Crippen molar-refractivity contribution in [3.63, 3.8) is 0 Å². The maximum atomic E-state index is 11.0. The standard InChI is InChI=1S/C6H10N2O5S/c1-2-5(9)7-4-3-8(6(4)10)14(11,12)13/h4H,2-3H2,1H3,(H,7,9)(H,11,12,13)/t4-/m0/s1. The molecule has 2 amide bonds. The van der Waals surface area contributed by atoms with Crippen molar-refractivity contribution in [2.75, 3.05) is 6.54 Å². The molecular weight excluding hydrogens is 212 g/mol. The van der Waals surface area contributed by atoms with Crippen LogP contribution in [0.25, 0.3) is 0 Å². The molecule has 0 aliphatic carbocycles. The van der Waals surface area contributed by atoms with Gasteiger partial charge in [0, 0.05) is 6.42 Å². The maximum Gasteiger partial charge on any atom is 0.362 e. The van der Waals surface area contributed by atoms with Gasteiger partial charge in [-0.2, -0.15) is 8.42 Å². The van der Waals surface area contributed by atoms with Crippen LogP contribution in [0.1, 0.15) is 13.3 Å². The molecule has 8 heteroatoms. The molecule has 1 rings (SSSR count). The lowest BCUT2D eigenvalue weighted by Gasteiger charge is -2.35. The van der Waals surface area contributed by atoms with Crippen LogP contribution in [0.3, 0.4) is 0 Å². The Kier molecular flexibility index (Phi) is 2.76. The molecule has 2 N–H and O–H groups in total. The maximum absolute atomic E-state index is 11.0. The minimum absolute atomic E-state index is 0.205. The first kappa shape index (κ1) is 10.9. The third-order valence-corrected chi connectivity index (χ3v) is 2.71. The van der Waals surface area contributed by atoms with Crippen molar-refractivity contribution >= 4 is 22.1 Å². The number of nitrogens with one attached hydrogen (secondary N) is 1. The Balaban J connectivity index is 2.53. The van der Waals surface area contributed by atoms with Crippen molar-refractivity contribution in [2.24, 2.45) is 0 Å². The predicted molar refractivity (Wildman–Crippen MR) is 45.5 cm³/mol. The number of amides is 2. The lowest BCUT2D eigenvalue weighted by Crippen LogP contribution is -2.65. The van der Waals surface area contributed by atoms with Crippen LogP contribution >= 0.6 is 0 Å². The lowest BCUT2D eigenvalue weighted by atomic mass is 10.1. The van der Waals surface area contributed by atoms with Crippen LogP contribution in [0.4, 0.5) is 0 Å². The van der Waals surface area contributed by atoms with E-state index in [4.69, 9.17) is 4.55 Å². The van der Waals surface area contributed by atoms with Crippen LogP contribution in [0.15, 0.2) is 0 Å². The van der Waals surface area contributed by atoms with Gasteiger partial charge in [-0.15, -0.1) is 0 Å². The first-order valence-electron chi connectivity index (χ1n) is 3.94. The van der Waals surface area contributed by atoms with Crippen molar-refractivity contribution < 1.29 is 22.6 Å². The highest BCUT2D eigenvalue weighted by molar-refractivity contribution is 7.84. The van der Waals surface area contributed by atoms with E-state index in [1.807, 2.05) is 0 Å². The van der Waals surface area contributed by atoms with Gasteiger partial charge in [0.05, 0.1) is 6.54 Å². The first-order valence-corrected chi connectivity index (χ1v) is 5.34. The molecule has 0 saturated carbocycles. The van der Waals surface area contributed by atoms with E-state index in [0.717, 1.165) is 0 Å². The third kappa shape index (κ3) is 2.02. The molecule has 1 saturated heterocycles. The van der Waals surface area contributed by atoms with Gasteiger partial charge in [-0.1, -0.05) is 6.92 Å². The van der Waals surface area contributed by atoms with Gasteiger partial charge in [-0.3, -0.25) is 14.1 Å². The first-order chi connectivity index (χ1) is 6.36. The van der Waals surface area contributed by atoms with Gasteiger partial charge in [0.25, 0.3) is 5.91 Å². The Morgan fingerprint density at radius 1 is 1.71 bits per heavy atom. The molecule has 0 aromatic carbocycles. The fraction of sp³-hybridized carbons (Fsp3) is 0.667. The number of carbonyl (C=O) groups excluding carboxylic acids is 2. The van der Waals surface area contributed by atoms with Crippen molar-refractivity contribution in [3.05, 3.63) is 0 Å². The minimum Gasteiger partial charge on any atom is -0.343 e. The Morgan fingerprint density at radius 2 is 2.29 bits per heavy atom. The quantitative estimate of drug-likeness (QED) is 0.448. The van der Waals surface area contributed by atoms with Crippen LogP contribution in [0.5, 0.6) is 0 Å². The smallest absolute Gasteiger partial charge is 0.343 e. The molecule has 1 fully saturated rings. The molecule has 0 unspecified atom stereocenters. The van der Waals surface area contributed by atoms with Crippen molar-refractivity contribution in [1.29, 1.82) is 0 Å². The second-order valence-corrected chi connectivity index (χ2v) is 4.16. The highest BCUT2D eigenvalue weighted by Crippen LogP contribution is 2.13. The summed E-state index contributed by atoms with van der Waals surface area (Å²) < 4.78 is 29.7. The number of carbonyl (C=O) groups is 2. The fourth-order valence-corrected chi connectivity index (χ4v) is 1.70. The van der Waals surface area contributed by atoms with Crippen LogP contribution in [0.2, 0.25) is 0 Å². The van der Waals surface area contributed by atoms with E-state index in [0.29, 0.717) is 4.31 Å². The Labute approximate surface area is 81.0 Å². The molecule has 1 heterocycles. The van der Waals surface area contributed by atoms with Gasteiger partial charge in [0.1, 0.15) is 6.04 Å². The average molecular weight is 222 g/mol. The van der Waals surface area contributed by atoms with E-state index < -0.39 is 22.3 Å². The normalized spacial score (nSPS) is 21.7. The summed E-state index contributed by atoms with van der Waals surface area (Å²) in [5.74, 6) is -1.15. The van der Waals surface area contributed by atoms with Crippen LogP contribution < -0.4 is 5.32 Å². The minimum atomic E-state index is -4.46. The van der Waals surface area contributed by atoms with Crippen molar-refractivity contribution in [1.82, 2.24) is 9.62 Å². The summed E-state index contributed by atoms with van der Waals surface area (Å²) in [5.41, 5.74) is 0. The van der Waals surface area contributed by atoms with Crippen LogP contribution in [-0.2, 0) is 19.9 Å². The molecular formula is C6H10N2O5S. The van der Waals surface area contributed by atoms with E-state index in [1.165, 1.54) is 0 Å². The Morgan fingerprint density at radius 3 is 2.64 bits per heavy atom. The molecule has 0 spiro atoms. The number of hydrogen-bond acceptors (Lipinski definition) is 4. The average Bonchev–Trinajstić information content (AvgIpc) is 2.08. The van der Waals surface area contributed by atoms with E-state index >= 15 is 0 Å². The van der Waals surface area contributed by atoms with E-state index in [1.54, 1.807) is 6.92 Å². The summed E-state index contributed by atoms with van der Waals surface area (Å²) in [6, 6.07) is -0.829. The molecule has 1 atom stereocenters. The highest BCUT2D eigenvalue weighted by Gasteiger charge is 2.44. The Hall–Kier alpha value is -1.15. The number of nitrogens with zero attached hydrogens (tertiary/aromatic N) is 1.